The molecular formula is C33H38N8O3. The Morgan fingerprint density at radius 1 is 1.05 bits per heavy atom. The van der Waals surface area contributed by atoms with E-state index in [1.54, 1.807) is 17.8 Å². The molecule has 0 radical (unpaired) electrons. The van der Waals surface area contributed by atoms with E-state index in [1.165, 1.54) is 11.3 Å². The lowest BCUT2D eigenvalue weighted by molar-refractivity contribution is -0.0735. The Kier molecular flexibility index (Phi) is 6.15. The molecule has 0 unspecified atom stereocenters. The third-order valence-corrected chi connectivity index (χ3v) is 9.78. The maximum absolute atomic E-state index is 13.8. The largest absolute Gasteiger partial charge is 0.378 e. The van der Waals surface area contributed by atoms with Crippen LogP contribution in [0.4, 0.5) is 17.3 Å². The second-order valence-electron chi connectivity index (χ2n) is 13.5. The van der Waals surface area contributed by atoms with Crippen molar-refractivity contribution in [2.45, 2.75) is 59.3 Å². The first kappa shape index (κ1) is 27.3. The highest BCUT2D eigenvalue weighted by Crippen LogP contribution is 2.40. The van der Waals surface area contributed by atoms with Gasteiger partial charge in [-0.05, 0) is 60.1 Å². The van der Waals surface area contributed by atoms with Crippen LogP contribution in [-0.2, 0) is 44.3 Å². The molecule has 0 aromatic carbocycles. The minimum absolute atomic E-state index is 0.00817. The number of nitrogens with one attached hydrogen (secondary N) is 1. The first-order chi connectivity index (χ1) is 21.1. The number of ether oxygens (including phenoxy) is 1. The smallest absolute Gasteiger partial charge is 0.276 e. The van der Waals surface area contributed by atoms with Crippen molar-refractivity contribution < 1.29 is 9.53 Å². The van der Waals surface area contributed by atoms with Crippen molar-refractivity contribution in [3.05, 3.63) is 75.2 Å². The maximum atomic E-state index is 13.8. The molecule has 1 fully saturated rings. The van der Waals surface area contributed by atoms with Crippen LogP contribution in [0.2, 0.25) is 0 Å². The molecule has 3 aliphatic heterocycles. The van der Waals surface area contributed by atoms with Gasteiger partial charge < -0.3 is 19.2 Å². The van der Waals surface area contributed by atoms with Crippen LogP contribution in [0.3, 0.4) is 0 Å². The van der Waals surface area contributed by atoms with Crippen LogP contribution in [0.1, 0.15) is 46.9 Å². The van der Waals surface area contributed by atoms with Crippen LogP contribution >= 0.6 is 0 Å². The molecule has 11 nitrogen and oxygen atoms in total. The van der Waals surface area contributed by atoms with Crippen molar-refractivity contribution >= 4 is 23.2 Å². The fourth-order valence-electron chi connectivity index (χ4n) is 7.40. The molecule has 4 aliphatic rings. The van der Waals surface area contributed by atoms with E-state index in [1.807, 2.05) is 40.9 Å². The van der Waals surface area contributed by atoms with Crippen molar-refractivity contribution in [2.24, 2.45) is 12.5 Å². The Labute approximate surface area is 256 Å². The number of fused-ring (bicyclic) bond motifs is 4. The zero-order chi connectivity index (χ0) is 30.3. The minimum atomic E-state index is -0.136. The van der Waals surface area contributed by atoms with Gasteiger partial charge in [0, 0.05) is 62.9 Å². The van der Waals surface area contributed by atoms with Crippen molar-refractivity contribution in [1.29, 1.82) is 0 Å². The summed E-state index contributed by atoms with van der Waals surface area (Å²) in [6, 6.07) is 8.43. The zero-order valence-corrected chi connectivity index (χ0v) is 25.8. The van der Waals surface area contributed by atoms with Gasteiger partial charge in [0.25, 0.3) is 11.5 Å². The quantitative estimate of drug-likeness (QED) is 0.377. The van der Waals surface area contributed by atoms with Gasteiger partial charge in [-0.1, -0.05) is 13.8 Å². The summed E-state index contributed by atoms with van der Waals surface area (Å²) in [5, 5.41) is 8.05. The monoisotopic (exact) mass is 594 g/mol. The number of pyridine rings is 2. The average Bonchev–Trinajstić information content (AvgIpc) is 3.60. The molecule has 44 heavy (non-hydrogen) atoms. The summed E-state index contributed by atoms with van der Waals surface area (Å²) < 4.78 is 11.2. The fourth-order valence-corrected chi connectivity index (χ4v) is 7.40. The number of rotatable bonds is 5. The second kappa shape index (κ2) is 9.90. The van der Waals surface area contributed by atoms with Crippen LogP contribution in [0.25, 0.3) is 11.1 Å². The molecule has 7 heterocycles. The second-order valence-corrected chi connectivity index (χ2v) is 13.5. The molecule has 0 atom stereocenters. The summed E-state index contributed by atoms with van der Waals surface area (Å²) in [7, 11) is 1.76. The first-order valence-electron chi connectivity index (χ1n) is 15.5. The molecule has 1 amide bonds. The standard InChI is InChI=1S/C33H38N8O3/c1-20-25(5-6-34-30(20)40-9-8-39-27(32(40)43)12-21-14-33(2,3)15-28(21)39)22-11-26(31(42)37(4)16-22)35-29-13-23-17-38(24-18-44-19-24)7-10-41(23)36-29/h5-6,11-13,16,24H,7-10,14-15,17-19H2,1-4H3,(H,35,36). The molecule has 0 bridgehead atoms. The first-order valence-corrected chi connectivity index (χ1v) is 15.5. The number of carbonyl (C=O) groups excluding carboxylic acids is 1. The normalized spacial score (nSPS) is 19.5. The summed E-state index contributed by atoms with van der Waals surface area (Å²) >= 11 is 0. The summed E-state index contributed by atoms with van der Waals surface area (Å²) in [6.45, 7) is 12.1. The molecule has 1 saturated heterocycles. The SMILES string of the molecule is Cc1c(-c2cc(Nc3cc4n(n3)CCN(C3COC3)C4)c(=O)n(C)c2)ccnc1N1CCn2c(cc3c2CC(C)(C)C3)C1=O. The van der Waals surface area contributed by atoms with Gasteiger partial charge in [-0.2, -0.15) is 5.10 Å². The summed E-state index contributed by atoms with van der Waals surface area (Å²) in [5.41, 5.74) is 7.74. The molecule has 1 aliphatic carbocycles. The average molecular weight is 595 g/mol. The molecule has 1 N–H and O–H groups in total. The van der Waals surface area contributed by atoms with Crippen LogP contribution in [0.5, 0.6) is 0 Å². The van der Waals surface area contributed by atoms with Gasteiger partial charge in [-0.25, -0.2) is 4.98 Å². The Balaban J connectivity index is 1.07. The number of hydrogen-bond acceptors (Lipinski definition) is 7. The van der Waals surface area contributed by atoms with Crippen LogP contribution in [-0.4, -0.2) is 67.1 Å². The Bertz CT molecular complexity index is 1880. The number of anilines is 3. The van der Waals surface area contributed by atoms with Crippen LogP contribution in [0, 0.1) is 12.3 Å². The molecular weight excluding hydrogens is 556 g/mol. The topological polar surface area (TPSA) is 102 Å². The number of hydrogen-bond donors (Lipinski definition) is 1. The highest BCUT2D eigenvalue weighted by Gasteiger charge is 2.37. The van der Waals surface area contributed by atoms with Crippen molar-refractivity contribution in [3.63, 3.8) is 0 Å². The van der Waals surface area contributed by atoms with E-state index < -0.39 is 0 Å². The molecule has 4 aromatic heterocycles. The predicted molar refractivity (Wildman–Crippen MR) is 167 cm³/mol. The number of aryl methyl sites for hydroxylation is 1. The number of nitrogens with zero attached hydrogens (tertiary/aromatic N) is 7. The van der Waals surface area contributed by atoms with E-state index in [0.717, 1.165) is 80.3 Å². The van der Waals surface area contributed by atoms with Gasteiger partial charge >= 0.3 is 0 Å². The van der Waals surface area contributed by atoms with E-state index in [4.69, 9.17) is 9.84 Å². The number of amides is 1. The van der Waals surface area contributed by atoms with Gasteiger partial charge in [0.15, 0.2) is 5.82 Å². The molecule has 228 valence electrons. The van der Waals surface area contributed by atoms with Gasteiger partial charge in [0.2, 0.25) is 0 Å². The summed E-state index contributed by atoms with van der Waals surface area (Å²) in [6.07, 6.45) is 5.59. The van der Waals surface area contributed by atoms with Crippen LogP contribution in [0.15, 0.2) is 41.5 Å². The third-order valence-electron chi connectivity index (χ3n) is 9.78. The minimum Gasteiger partial charge on any atom is -0.378 e. The van der Waals surface area contributed by atoms with Gasteiger partial charge in [-0.15, -0.1) is 0 Å². The number of aromatic nitrogens is 5. The van der Waals surface area contributed by atoms with Crippen LogP contribution < -0.4 is 15.8 Å². The predicted octanol–water partition coefficient (Wildman–Crippen LogP) is 3.50. The van der Waals surface area contributed by atoms with E-state index in [2.05, 4.69) is 39.7 Å². The van der Waals surface area contributed by atoms with Crippen molar-refractivity contribution in [3.8, 4) is 11.1 Å². The van der Waals surface area contributed by atoms with Gasteiger partial charge in [-0.3, -0.25) is 24.1 Å². The highest BCUT2D eigenvalue weighted by molar-refractivity contribution is 6.06. The molecule has 0 saturated carbocycles. The van der Waals surface area contributed by atoms with Crippen molar-refractivity contribution in [2.75, 3.05) is 36.5 Å². The van der Waals surface area contributed by atoms with Gasteiger partial charge in [0.05, 0.1) is 31.5 Å². The van der Waals surface area contributed by atoms with E-state index in [0.29, 0.717) is 29.9 Å². The summed E-state index contributed by atoms with van der Waals surface area (Å²) in [5.74, 6) is 1.31. The van der Waals surface area contributed by atoms with Crippen molar-refractivity contribution in [1.82, 2.24) is 28.8 Å². The Morgan fingerprint density at radius 3 is 2.68 bits per heavy atom. The molecule has 11 heteroatoms. The third kappa shape index (κ3) is 4.40. The lowest BCUT2D eigenvalue weighted by Crippen LogP contribution is -2.51. The lowest BCUT2D eigenvalue weighted by atomic mass is 9.90. The van der Waals surface area contributed by atoms with Gasteiger partial charge in [0.1, 0.15) is 17.2 Å². The molecule has 0 spiro atoms. The fraction of sp³-hybridized carbons (Fsp3) is 0.455. The Hall–Kier alpha value is -4.22. The molecule has 8 rings (SSSR count). The molecule has 4 aromatic rings. The van der Waals surface area contributed by atoms with E-state index >= 15 is 0 Å². The highest BCUT2D eigenvalue weighted by atomic mass is 16.5. The maximum Gasteiger partial charge on any atom is 0.276 e. The zero-order valence-electron chi connectivity index (χ0n) is 25.8. The Morgan fingerprint density at radius 2 is 1.89 bits per heavy atom. The van der Waals surface area contributed by atoms with E-state index in [-0.39, 0.29) is 16.9 Å². The number of carbonyl (C=O) groups is 1. The lowest BCUT2D eigenvalue weighted by Gasteiger charge is -2.39. The summed E-state index contributed by atoms with van der Waals surface area (Å²) in [4.78, 5) is 35.9. The van der Waals surface area contributed by atoms with E-state index in [9.17, 15) is 9.59 Å².